The van der Waals surface area contributed by atoms with Crippen LogP contribution in [0.15, 0.2) is 40.5 Å². The van der Waals surface area contributed by atoms with Crippen LogP contribution < -0.4 is 10.3 Å². The molecule has 0 aliphatic heterocycles. The molecule has 13 heteroatoms. The Bertz CT molecular complexity index is 1970. The van der Waals surface area contributed by atoms with Crippen LogP contribution in [0.4, 0.5) is 13.2 Å². The van der Waals surface area contributed by atoms with Crippen molar-refractivity contribution >= 4 is 50.2 Å². The number of carboxylic acid groups (broad SMARTS) is 1. The maximum absolute atomic E-state index is 13.7. The molecule has 0 amide bonds. The second-order valence-electron chi connectivity index (χ2n) is 10.1. The molecular formula is C29H22ClF3N4O4S. The van der Waals surface area contributed by atoms with Crippen LogP contribution in [0, 0.1) is 13.8 Å². The lowest BCUT2D eigenvalue weighted by molar-refractivity contribution is -0.138. The Morgan fingerprint density at radius 2 is 1.88 bits per heavy atom. The summed E-state index contributed by atoms with van der Waals surface area (Å²) in [5.41, 5.74) is 0.697. The molecule has 42 heavy (non-hydrogen) atoms. The normalized spacial score (nSPS) is 13.7. The number of hydrogen-bond acceptors (Lipinski definition) is 7. The zero-order chi connectivity index (χ0) is 29.9. The van der Waals surface area contributed by atoms with Crippen molar-refractivity contribution in [2.75, 3.05) is 6.61 Å². The first kappa shape index (κ1) is 28.1. The number of ether oxygens (including phenoxy) is 1. The van der Waals surface area contributed by atoms with Gasteiger partial charge in [-0.25, -0.2) is 14.8 Å². The largest absolute Gasteiger partial charge is 0.491 e. The van der Waals surface area contributed by atoms with E-state index in [0.717, 1.165) is 6.07 Å². The lowest BCUT2D eigenvalue weighted by Gasteiger charge is -2.16. The molecule has 0 spiro atoms. The topological polar surface area (TPSA) is 107 Å². The molecule has 5 aromatic rings. The predicted molar refractivity (Wildman–Crippen MR) is 153 cm³/mol. The summed E-state index contributed by atoms with van der Waals surface area (Å²) in [6, 6.07) is 7.79. The van der Waals surface area contributed by atoms with Gasteiger partial charge in [0.15, 0.2) is 5.52 Å². The summed E-state index contributed by atoms with van der Waals surface area (Å²) in [5, 5.41) is 11.6. The van der Waals surface area contributed by atoms with Crippen LogP contribution >= 0.6 is 22.9 Å². The fourth-order valence-corrected chi connectivity index (χ4v) is 6.18. The predicted octanol–water partition coefficient (Wildman–Crippen LogP) is 7.01. The van der Waals surface area contributed by atoms with Gasteiger partial charge in [-0.05, 0) is 57.0 Å². The molecule has 0 saturated heterocycles. The first-order chi connectivity index (χ1) is 19.9. The molecule has 1 aliphatic carbocycles. The SMILES string of the molecule is Cc1cc(-c2cc(Cl)ccc2OCCn2c(C)nc3cc(C(F)(F)F)c(C4CC4)nc3c2=O)c2scc(C(=O)O)c2n1. The van der Waals surface area contributed by atoms with Crippen LogP contribution in [0.3, 0.4) is 0 Å². The van der Waals surface area contributed by atoms with Gasteiger partial charge in [0.2, 0.25) is 0 Å². The Balaban J connectivity index is 1.34. The van der Waals surface area contributed by atoms with Crippen molar-refractivity contribution in [3.63, 3.8) is 0 Å². The minimum absolute atomic E-state index is 0.0245. The maximum Gasteiger partial charge on any atom is 0.418 e. The lowest BCUT2D eigenvalue weighted by atomic mass is 10.0. The van der Waals surface area contributed by atoms with Gasteiger partial charge in [0.25, 0.3) is 5.56 Å². The monoisotopic (exact) mass is 614 g/mol. The van der Waals surface area contributed by atoms with Gasteiger partial charge >= 0.3 is 12.1 Å². The standard InChI is InChI=1S/C29H22ClF3N4O4S/c1-13-9-18(26-24(34-13)19(12-42-26)28(39)40)17-10-16(30)5-6-22(17)41-8-7-37-14(2)35-21-11-20(29(31,32)33)23(15-3-4-15)36-25(21)27(37)38/h5-6,9-12,15H,3-4,7-8H2,1-2H3,(H,39,40). The molecule has 4 heterocycles. The van der Waals surface area contributed by atoms with E-state index in [2.05, 4.69) is 15.0 Å². The Hall–Kier alpha value is -4.03. The summed E-state index contributed by atoms with van der Waals surface area (Å²) >= 11 is 7.58. The molecule has 1 aliphatic rings. The Kier molecular flexibility index (Phi) is 6.93. The van der Waals surface area contributed by atoms with Gasteiger partial charge in [-0.3, -0.25) is 14.3 Å². The van der Waals surface area contributed by atoms with Gasteiger partial charge < -0.3 is 9.84 Å². The Labute approximate surface area is 245 Å². The number of pyridine rings is 2. The van der Waals surface area contributed by atoms with Crippen LogP contribution in [0.2, 0.25) is 5.02 Å². The number of carbonyl (C=O) groups is 1. The highest BCUT2D eigenvalue weighted by atomic mass is 35.5. The number of benzene rings is 1. The summed E-state index contributed by atoms with van der Waals surface area (Å²) in [5.74, 6) is -0.719. The van der Waals surface area contributed by atoms with Gasteiger partial charge in [0.1, 0.15) is 18.2 Å². The third-order valence-electron chi connectivity index (χ3n) is 7.11. The molecule has 0 unspecified atom stereocenters. The lowest BCUT2D eigenvalue weighted by Crippen LogP contribution is -2.28. The van der Waals surface area contributed by atoms with E-state index in [-0.39, 0.29) is 47.2 Å². The van der Waals surface area contributed by atoms with E-state index in [1.165, 1.54) is 21.3 Å². The zero-order valence-corrected chi connectivity index (χ0v) is 23.8. The van der Waals surface area contributed by atoms with Crippen LogP contribution in [0.5, 0.6) is 5.75 Å². The second-order valence-corrected chi connectivity index (χ2v) is 11.4. The molecule has 1 aromatic carbocycles. The van der Waals surface area contributed by atoms with Crippen molar-refractivity contribution in [3.8, 4) is 16.9 Å². The third-order valence-corrected chi connectivity index (χ3v) is 8.35. The van der Waals surface area contributed by atoms with Crippen molar-refractivity contribution < 1.29 is 27.8 Å². The first-order valence-electron chi connectivity index (χ1n) is 13.0. The summed E-state index contributed by atoms with van der Waals surface area (Å²) in [4.78, 5) is 38.0. The van der Waals surface area contributed by atoms with Crippen molar-refractivity contribution in [2.24, 2.45) is 0 Å². The number of alkyl halides is 3. The molecule has 6 rings (SSSR count). The highest BCUT2D eigenvalue weighted by molar-refractivity contribution is 7.18. The molecule has 0 bridgehead atoms. The van der Waals surface area contributed by atoms with Gasteiger partial charge in [-0.2, -0.15) is 13.2 Å². The molecule has 1 fully saturated rings. The number of thiophene rings is 1. The van der Waals surface area contributed by atoms with Gasteiger partial charge in [-0.1, -0.05) is 11.6 Å². The number of hydrogen-bond donors (Lipinski definition) is 1. The quantitative estimate of drug-likeness (QED) is 0.210. The van der Waals surface area contributed by atoms with E-state index < -0.39 is 23.3 Å². The molecule has 1 N–H and O–H groups in total. The number of carboxylic acids is 1. The first-order valence-corrected chi connectivity index (χ1v) is 14.2. The smallest absolute Gasteiger partial charge is 0.418 e. The second kappa shape index (κ2) is 10.4. The van der Waals surface area contributed by atoms with E-state index in [1.807, 2.05) is 6.07 Å². The summed E-state index contributed by atoms with van der Waals surface area (Å²) in [7, 11) is 0. The van der Waals surface area contributed by atoms with Gasteiger partial charge in [0, 0.05) is 33.1 Å². The van der Waals surface area contributed by atoms with Crippen molar-refractivity contribution in [3.05, 3.63) is 79.4 Å². The minimum atomic E-state index is -4.59. The van der Waals surface area contributed by atoms with Crippen molar-refractivity contribution in [1.29, 1.82) is 0 Å². The van der Waals surface area contributed by atoms with Crippen molar-refractivity contribution in [2.45, 2.75) is 45.3 Å². The highest BCUT2D eigenvalue weighted by Crippen LogP contribution is 2.45. The number of fused-ring (bicyclic) bond motifs is 2. The molecule has 0 radical (unpaired) electrons. The van der Waals surface area contributed by atoms with E-state index in [0.29, 0.717) is 50.7 Å². The van der Waals surface area contributed by atoms with E-state index >= 15 is 0 Å². The Morgan fingerprint density at radius 1 is 1.12 bits per heavy atom. The number of aromatic carboxylic acids is 1. The number of aryl methyl sites for hydroxylation is 2. The molecule has 1 saturated carbocycles. The Morgan fingerprint density at radius 3 is 2.57 bits per heavy atom. The fraction of sp³-hybridized carbons (Fsp3) is 0.276. The van der Waals surface area contributed by atoms with E-state index in [4.69, 9.17) is 16.3 Å². The average Bonchev–Trinajstić information content (AvgIpc) is 3.68. The zero-order valence-electron chi connectivity index (χ0n) is 22.3. The maximum atomic E-state index is 13.7. The third kappa shape index (κ3) is 5.09. The number of nitrogens with zero attached hydrogens (tertiary/aromatic N) is 4. The van der Waals surface area contributed by atoms with Crippen LogP contribution in [0.25, 0.3) is 32.4 Å². The molecular weight excluding hydrogens is 593 g/mol. The van der Waals surface area contributed by atoms with Gasteiger partial charge in [-0.15, -0.1) is 11.3 Å². The van der Waals surface area contributed by atoms with Crippen molar-refractivity contribution in [1.82, 2.24) is 19.5 Å². The van der Waals surface area contributed by atoms with Crippen LogP contribution in [-0.2, 0) is 12.7 Å². The number of rotatable bonds is 7. The van der Waals surface area contributed by atoms with Crippen LogP contribution in [-0.4, -0.2) is 37.2 Å². The molecule has 0 atom stereocenters. The van der Waals surface area contributed by atoms with E-state index in [9.17, 15) is 27.9 Å². The average molecular weight is 615 g/mol. The molecule has 8 nitrogen and oxygen atoms in total. The fourth-order valence-electron chi connectivity index (χ4n) is 5.00. The summed E-state index contributed by atoms with van der Waals surface area (Å²) in [6.07, 6.45) is -3.40. The highest BCUT2D eigenvalue weighted by Gasteiger charge is 2.40. The minimum Gasteiger partial charge on any atom is -0.491 e. The van der Waals surface area contributed by atoms with Gasteiger partial charge in [0.05, 0.1) is 39.1 Å². The summed E-state index contributed by atoms with van der Waals surface area (Å²) < 4.78 is 49.2. The van der Waals surface area contributed by atoms with Crippen LogP contribution in [0.1, 0.15) is 51.9 Å². The molecule has 4 aromatic heterocycles. The number of aromatic nitrogens is 4. The number of halogens is 4. The van der Waals surface area contributed by atoms with E-state index in [1.54, 1.807) is 32.0 Å². The molecule has 216 valence electrons. The summed E-state index contributed by atoms with van der Waals surface area (Å²) in [6.45, 7) is 3.39.